The predicted octanol–water partition coefficient (Wildman–Crippen LogP) is 1.61. The summed E-state index contributed by atoms with van der Waals surface area (Å²) in [5.74, 6) is -1.06. The minimum atomic E-state index is -1.06. The Morgan fingerprint density at radius 2 is 1.82 bits per heavy atom. The maximum Gasteiger partial charge on any atom is 0.0467 e. The van der Waals surface area contributed by atoms with Gasteiger partial charge in [0.05, 0.1) is 0 Å². The largest absolute Gasteiger partial charge is 0.550 e. The van der Waals surface area contributed by atoms with Crippen molar-refractivity contribution in [2.45, 2.75) is 6.42 Å². The number of carboxylic acids is 1. The lowest BCUT2D eigenvalue weighted by atomic mass is 10.1. The molecule has 1 N–H and O–H groups in total. The first kappa shape index (κ1) is 9.90. The molecule has 2 aromatic carbocycles. The molecule has 1 heterocycles. The average molecular weight is 224 g/mol. The van der Waals surface area contributed by atoms with Gasteiger partial charge < -0.3 is 14.9 Å². The van der Waals surface area contributed by atoms with E-state index < -0.39 is 5.97 Å². The Labute approximate surface area is 97.7 Å². The van der Waals surface area contributed by atoms with Crippen LogP contribution in [0.25, 0.3) is 21.8 Å². The van der Waals surface area contributed by atoms with Crippen molar-refractivity contribution in [2.75, 3.05) is 0 Å². The van der Waals surface area contributed by atoms with Crippen LogP contribution in [0.15, 0.2) is 42.5 Å². The molecule has 0 saturated carbocycles. The highest BCUT2D eigenvalue weighted by Gasteiger charge is 2.04. The number of H-pyrrole nitrogens is 1. The Bertz CT molecular complexity index is 712. The van der Waals surface area contributed by atoms with E-state index in [1.807, 2.05) is 42.5 Å². The number of hydrogen-bond donors (Lipinski definition) is 1. The van der Waals surface area contributed by atoms with Gasteiger partial charge in [-0.25, -0.2) is 0 Å². The summed E-state index contributed by atoms with van der Waals surface area (Å²) in [6, 6.07) is 13.7. The maximum atomic E-state index is 10.6. The van der Waals surface area contributed by atoms with Crippen LogP contribution in [-0.4, -0.2) is 11.0 Å². The average Bonchev–Trinajstić information content (AvgIpc) is 2.65. The zero-order valence-corrected chi connectivity index (χ0v) is 9.07. The van der Waals surface area contributed by atoms with E-state index in [9.17, 15) is 9.90 Å². The molecule has 0 atom stereocenters. The zero-order chi connectivity index (χ0) is 11.8. The third-order valence-corrected chi connectivity index (χ3v) is 2.92. The second kappa shape index (κ2) is 3.63. The number of para-hydroxylation sites is 1. The first-order valence-electron chi connectivity index (χ1n) is 5.43. The summed E-state index contributed by atoms with van der Waals surface area (Å²) >= 11 is 0. The van der Waals surface area contributed by atoms with E-state index in [-0.39, 0.29) is 6.42 Å². The first-order chi connectivity index (χ1) is 8.24. The second-order valence-electron chi connectivity index (χ2n) is 4.10. The summed E-state index contributed by atoms with van der Waals surface area (Å²) in [6.07, 6.45) is -0.0503. The zero-order valence-electron chi connectivity index (χ0n) is 9.07. The van der Waals surface area contributed by atoms with Crippen LogP contribution >= 0.6 is 0 Å². The standard InChI is InChI=1S/C14H11NO2/c16-14(17)8-9-5-6-11-10-3-1-2-4-12(10)15-13(11)7-9/h1-7,15H,8H2,(H,16,17)/p-1. The lowest BCUT2D eigenvalue weighted by Crippen LogP contribution is -2.24. The van der Waals surface area contributed by atoms with Gasteiger partial charge in [-0.15, -0.1) is 0 Å². The molecule has 3 aromatic rings. The third kappa shape index (κ3) is 1.65. The monoisotopic (exact) mass is 224 g/mol. The molecule has 17 heavy (non-hydrogen) atoms. The summed E-state index contributed by atoms with van der Waals surface area (Å²) < 4.78 is 0. The molecule has 0 saturated heterocycles. The topological polar surface area (TPSA) is 55.9 Å². The number of hydrogen-bond acceptors (Lipinski definition) is 2. The molecule has 0 radical (unpaired) electrons. The highest BCUT2D eigenvalue weighted by atomic mass is 16.4. The normalized spacial score (nSPS) is 11.1. The smallest absolute Gasteiger partial charge is 0.0467 e. The number of carbonyl (C=O) groups excluding carboxylic acids is 1. The van der Waals surface area contributed by atoms with E-state index in [4.69, 9.17) is 0 Å². The number of benzene rings is 2. The Hall–Kier alpha value is -2.29. The number of aromatic amines is 1. The van der Waals surface area contributed by atoms with Gasteiger partial charge in [0.15, 0.2) is 0 Å². The fourth-order valence-corrected chi connectivity index (χ4v) is 2.18. The lowest BCUT2D eigenvalue weighted by Gasteiger charge is -2.02. The molecule has 3 rings (SSSR count). The molecule has 1 aromatic heterocycles. The number of carbonyl (C=O) groups is 1. The van der Waals surface area contributed by atoms with Crippen molar-refractivity contribution in [3.05, 3.63) is 48.0 Å². The number of aliphatic carboxylic acids is 1. The van der Waals surface area contributed by atoms with E-state index in [1.54, 1.807) is 0 Å². The Morgan fingerprint density at radius 3 is 2.65 bits per heavy atom. The molecule has 0 aliphatic carbocycles. The third-order valence-electron chi connectivity index (χ3n) is 2.92. The van der Waals surface area contributed by atoms with Gasteiger partial charge in [-0.3, -0.25) is 0 Å². The van der Waals surface area contributed by atoms with Crippen LogP contribution in [0, 0.1) is 0 Å². The van der Waals surface area contributed by atoms with Crippen LogP contribution < -0.4 is 5.11 Å². The van der Waals surface area contributed by atoms with E-state index in [1.165, 1.54) is 0 Å². The molecule has 0 aliphatic rings. The van der Waals surface area contributed by atoms with E-state index in [0.29, 0.717) is 0 Å². The van der Waals surface area contributed by atoms with Gasteiger partial charge in [-0.2, -0.15) is 0 Å². The second-order valence-corrected chi connectivity index (χ2v) is 4.10. The molecule has 0 bridgehead atoms. The van der Waals surface area contributed by atoms with Crippen molar-refractivity contribution in [1.82, 2.24) is 4.98 Å². The van der Waals surface area contributed by atoms with Gasteiger partial charge in [0.25, 0.3) is 0 Å². The summed E-state index contributed by atoms with van der Waals surface area (Å²) in [5, 5.41) is 12.8. The quantitative estimate of drug-likeness (QED) is 0.719. The molecule has 3 heteroatoms. The predicted molar refractivity (Wildman–Crippen MR) is 64.5 cm³/mol. The molecule has 0 amide bonds. The molecular formula is C14H10NO2-. The van der Waals surface area contributed by atoms with Gasteiger partial charge in [0, 0.05) is 34.2 Å². The Morgan fingerprint density at radius 1 is 1.06 bits per heavy atom. The Kier molecular flexibility index (Phi) is 2.11. The van der Waals surface area contributed by atoms with Gasteiger partial charge in [0.2, 0.25) is 0 Å². The van der Waals surface area contributed by atoms with Crippen molar-refractivity contribution in [2.24, 2.45) is 0 Å². The van der Waals surface area contributed by atoms with Crippen LogP contribution in [0.2, 0.25) is 0 Å². The summed E-state index contributed by atoms with van der Waals surface area (Å²) in [7, 11) is 0. The van der Waals surface area contributed by atoms with Crippen molar-refractivity contribution < 1.29 is 9.90 Å². The fraction of sp³-hybridized carbons (Fsp3) is 0.0714. The number of carboxylic acid groups (broad SMARTS) is 1. The maximum absolute atomic E-state index is 10.6. The molecule has 84 valence electrons. The molecule has 0 spiro atoms. The summed E-state index contributed by atoms with van der Waals surface area (Å²) in [6.45, 7) is 0. The fourth-order valence-electron chi connectivity index (χ4n) is 2.18. The van der Waals surface area contributed by atoms with Crippen LogP contribution in [-0.2, 0) is 11.2 Å². The lowest BCUT2D eigenvalue weighted by molar-refractivity contribution is -0.304. The molecular weight excluding hydrogens is 214 g/mol. The highest BCUT2D eigenvalue weighted by molar-refractivity contribution is 6.07. The highest BCUT2D eigenvalue weighted by Crippen LogP contribution is 2.25. The summed E-state index contributed by atoms with van der Waals surface area (Å²) in [5.41, 5.74) is 2.78. The van der Waals surface area contributed by atoms with Crippen LogP contribution in [0.3, 0.4) is 0 Å². The number of aromatic nitrogens is 1. The van der Waals surface area contributed by atoms with Gasteiger partial charge >= 0.3 is 0 Å². The Balaban J connectivity index is 2.23. The minimum absolute atomic E-state index is 0.0503. The van der Waals surface area contributed by atoms with Gasteiger partial charge in [0.1, 0.15) is 0 Å². The molecule has 0 aliphatic heterocycles. The van der Waals surface area contributed by atoms with E-state index in [0.717, 1.165) is 27.4 Å². The van der Waals surface area contributed by atoms with Crippen molar-refractivity contribution in [3.63, 3.8) is 0 Å². The van der Waals surface area contributed by atoms with E-state index in [2.05, 4.69) is 4.98 Å². The molecule has 3 nitrogen and oxygen atoms in total. The number of rotatable bonds is 2. The SMILES string of the molecule is O=C([O-])Cc1ccc2c(c1)[nH]c1ccccc12. The van der Waals surface area contributed by atoms with Crippen LogP contribution in [0.5, 0.6) is 0 Å². The van der Waals surface area contributed by atoms with Crippen LogP contribution in [0.4, 0.5) is 0 Å². The molecule has 0 unspecified atom stereocenters. The van der Waals surface area contributed by atoms with Crippen molar-refractivity contribution in [3.8, 4) is 0 Å². The number of nitrogens with one attached hydrogen (secondary N) is 1. The van der Waals surface area contributed by atoms with Crippen LogP contribution in [0.1, 0.15) is 5.56 Å². The van der Waals surface area contributed by atoms with Crippen molar-refractivity contribution in [1.29, 1.82) is 0 Å². The first-order valence-corrected chi connectivity index (χ1v) is 5.43. The number of fused-ring (bicyclic) bond motifs is 3. The summed E-state index contributed by atoms with van der Waals surface area (Å²) in [4.78, 5) is 13.8. The minimum Gasteiger partial charge on any atom is -0.550 e. The van der Waals surface area contributed by atoms with Gasteiger partial charge in [-0.05, 0) is 17.7 Å². The molecule has 0 fully saturated rings. The van der Waals surface area contributed by atoms with Crippen molar-refractivity contribution >= 4 is 27.8 Å². The van der Waals surface area contributed by atoms with E-state index >= 15 is 0 Å². The van der Waals surface area contributed by atoms with Gasteiger partial charge in [-0.1, -0.05) is 30.3 Å².